The summed E-state index contributed by atoms with van der Waals surface area (Å²) >= 11 is 0. The Morgan fingerprint density at radius 3 is 1.90 bits per heavy atom. The second-order valence-electron chi connectivity index (χ2n) is 16.5. The van der Waals surface area contributed by atoms with Crippen LogP contribution in [0.15, 0.2) is 109 Å². The average molecular weight is 613 g/mol. The van der Waals surface area contributed by atoms with Crippen LogP contribution < -0.4 is 27.3 Å². The van der Waals surface area contributed by atoms with E-state index in [0.29, 0.717) is 0 Å². The zero-order valence-electron chi connectivity index (χ0n) is 28.6. The summed E-state index contributed by atoms with van der Waals surface area (Å²) in [6.45, 7) is 15.0. The molecule has 0 saturated carbocycles. The van der Waals surface area contributed by atoms with Gasteiger partial charge in [0.15, 0.2) is 7.28 Å². The summed E-state index contributed by atoms with van der Waals surface area (Å²) in [6, 6.07) is 42.3. The van der Waals surface area contributed by atoms with Crippen LogP contribution in [0.2, 0.25) is 0 Å². The van der Waals surface area contributed by atoms with Crippen LogP contribution in [-0.4, -0.2) is 18.6 Å². The molecule has 0 fully saturated rings. The maximum atomic E-state index is 2.69. The van der Waals surface area contributed by atoms with Crippen molar-refractivity contribution in [2.24, 2.45) is 5.41 Å². The van der Waals surface area contributed by atoms with Crippen LogP contribution in [0, 0.1) is 5.41 Å². The number of hydrogen-bond acceptors (Lipinski definition) is 0. The summed E-state index contributed by atoms with van der Waals surface area (Å²) in [5, 5.41) is 8.35. The lowest BCUT2D eigenvalue weighted by Crippen LogP contribution is -2.59. The van der Waals surface area contributed by atoms with Crippen LogP contribution in [0.3, 0.4) is 0 Å². The number of nitrogens with zero attached hydrogens (tertiary/aromatic N) is 1. The molecule has 3 aliphatic rings. The lowest BCUT2D eigenvalue weighted by Gasteiger charge is -2.44. The molecule has 0 bridgehead atoms. The summed E-state index contributed by atoms with van der Waals surface area (Å²) in [7, 11) is 0.973. The highest BCUT2D eigenvalue weighted by molar-refractivity contribution is 6.99. The predicted octanol–water partition coefficient (Wildman–Crippen LogP) is 7.32. The minimum atomic E-state index is 0.0169. The van der Waals surface area contributed by atoms with Crippen LogP contribution >= 0.6 is 0 Å². The van der Waals surface area contributed by atoms with Crippen molar-refractivity contribution in [3.63, 3.8) is 0 Å². The smallest absolute Gasteiger partial charge is 0.247 e. The van der Waals surface area contributed by atoms with Gasteiger partial charge < -0.3 is 4.57 Å². The summed E-state index contributed by atoms with van der Waals surface area (Å²) in [4.78, 5) is 0. The highest BCUT2D eigenvalue weighted by atomic mass is 15.0. The Hall–Kier alpha value is -4.75. The van der Waals surface area contributed by atoms with Gasteiger partial charge in [-0.05, 0) is 71.0 Å². The third-order valence-electron chi connectivity index (χ3n) is 14.1. The van der Waals surface area contributed by atoms with Crippen molar-refractivity contribution in [3.05, 3.63) is 120 Å². The first-order valence-corrected chi connectivity index (χ1v) is 17.7. The molecule has 1 aromatic heterocycles. The Morgan fingerprint density at radius 1 is 0.521 bits per heavy atom. The number of fused-ring (bicyclic) bond motifs is 4. The number of aromatic nitrogens is 1. The Morgan fingerprint density at radius 2 is 1.17 bits per heavy atom. The van der Waals surface area contributed by atoms with Gasteiger partial charge in [-0.1, -0.05) is 167 Å². The summed E-state index contributed by atoms with van der Waals surface area (Å²) in [5.41, 5.74) is 17.3. The first-order chi connectivity index (χ1) is 23.1. The maximum absolute atomic E-state index is 2.69. The van der Waals surface area contributed by atoms with Crippen LogP contribution in [0.1, 0.15) is 52.7 Å². The first-order valence-electron chi connectivity index (χ1n) is 17.7. The van der Waals surface area contributed by atoms with Gasteiger partial charge in [0.25, 0.3) is 0 Å². The van der Waals surface area contributed by atoms with Crippen LogP contribution in [0.4, 0.5) is 0 Å². The maximum Gasteiger partial charge on any atom is 0.247 e. The molecule has 11 rings (SSSR count). The molecule has 48 heavy (non-hydrogen) atoms. The molecule has 0 unspecified atom stereocenters. The molecule has 0 spiro atoms. The predicted molar refractivity (Wildman–Crippen MR) is 210 cm³/mol. The van der Waals surface area contributed by atoms with Gasteiger partial charge in [-0.3, -0.25) is 0 Å². The minimum Gasteiger partial charge on any atom is -0.311 e. The fourth-order valence-corrected chi connectivity index (χ4v) is 10.5. The monoisotopic (exact) mass is 613 g/mol. The fourth-order valence-electron chi connectivity index (χ4n) is 10.5. The molecule has 0 amide bonds. The Kier molecular flexibility index (Phi) is 4.79. The minimum absolute atomic E-state index is 0.0169. The van der Waals surface area contributed by atoms with E-state index >= 15 is 0 Å². The highest BCUT2D eigenvalue weighted by Gasteiger charge is 2.57. The second-order valence-corrected chi connectivity index (χ2v) is 16.5. The van der Waals surface area contributed by atoms with Crippen molar-refractivity contribution >= 4 is 84.7 Å². The molecule has 0 atom stereocenters. The number of benzene rings is 7. The van der Waals surface area contributed by atoms with E-state index in [9.17, 15) is 0 Å². The van der Waals surface area contributed by atoms with E-state index < -0.39 is 0 Å². The third kappa shape index (κ3) is 2.88. The zero-order valence-corrected chi connectivity index (χ0v) is 28.6. The van der Waals surface area contributed by atoms with Crippen LogP contribution in [0.25, 0.3) is 60.2 Å². The van der Waals surface area contributed by atoms with Gasteiger partial charge in [-0.25, -0.2) is 0 Å². The molecule has 7 aromatic carbocycles. The van der Waals surface area contributed by atoms with E-state index in [4.69, 9.17) is 0 Å². The number of hydrogen-bond donors (Lipinski definition) is 0. The molecular formula is C45H37B2N. The standard InChI is InChI=1S/C45H37B2N/c1-43(2)31-23-30(25-13-8-7-9-14-25)37(24-32(31)44(3,4)45(43,5)6)47-35-18-12-17-33-40(35)48-41-34(46-33)21-19-28-26-15-10-11-16-27(26)29-20-22-36(47)42(48)39(29)38(28)41/h7-24,46H,1-6H3. The van der Waals surface area contributed by atoms with Gasteiger partial charge in [0, 0.05) is 27.5 Å². The molecule has 2 aliphatic heterocycles. The first kappa shape index (κ1) is 27.2. The van der Waals surface area contributed by atoms with Gasteiger partial charge >= 0.3 is 0 Å². The van der Waals surface area contributed by atoms with Crippen molar-refractivity contribution in [2.45, 2.75) is 52.4 Å². The van der Waals surface area contributed by atoms with E-state index in [1.54, 1.807) is 0 Å². The van der Waals surface area contributed by atoms with Crippen molar-refractivity contribution in [2.75, 3.05) is 0 Å². The van der Waals surface area contributed by atoms with E-state index in [2.05, 4.69) is 155 Å². The van der Waals surface area contributed by atoms with Crippen LogP contribution in [-0.2, 0) is 10.8 Å². The second kappa shape index (κ2) is 8.45. The van der Waals surface area contributed by atoms with E-state index in [1.807, 2.05) is 0 Å². The van der Waals surface area contributed by atoms with Crippen molar-refractivity contribution in [1.29, 1.82) is 0 Å². The number of rotatable bonds is 2. The summed E-state index contributed by atoms with van der Waals surface area (Å²) < 4.78 is 2.69. The average Bonchev–Trinajstić information content (AvgIpc) is 3.51. The lowest BCUT2D eigenvalue weighted by molar-refractivity contribution is 0.125. The van der Waals surface area contributed by atoms with Gasteiger partial charge in [0.2, 0.25) is 6.71 Å². The van der Waals surface area contributed by atoms with Gasteiger partial charge in [-0.15, -0.1) is 0 Å². The molecule has 1 aliphatic carbocycles. The van der Waals surface area contributed by atoms with Gasteiger partial charge in [-0.2, -0.15) is 0 Å². The summed E-state index contributed by atoms with van der Waals surface area (Å²) in [5.74, 6) is 0. The van der Waals surface area contributed by atoms with Crippen molar-refractivity contribution in [1.82, 2.24) is 4.57 Å². The zero-order chi connectivity index (χ0) is 32.5. The van der Waals surface area contributed by atoms with Gasteiger partial charge in [0.05, 0.1) is 0 Å². The third-order valence-corrected chi connectivity index (χ3v) is 14.1. The van der Waals surface area contributed by atoms with Gasteiger partial charge in [0.1, 0.15) is 0 Å². The molecule has 0 N–H and O–H groups in total. The highest BCUT2D eigenvalue weighted by Crippen LogP contribution is 2.61. The molecule has 228 valence electrons. The largest absolute Gasteiger partial charge is 0.311 e. The number of para-hydroxylation sites is 1. The molecule has 0 saturated heterocycles. The van der Waals surface area contributed by atoms with Crippen LogP contribution in [0.5, 0.6) is 0 Å². The fraction of sp³-hybridized carbons (Fsp3) is 0.200. The molecule has 0 radical (unpaired) electrons. The Balaban J connectivity index is 1.33. The van der Waals surface area contributed by atoms with E-state index in [0.717, 1.165) is 7.28 Å². The Labute approximate surface area is 283 Å². The normalized spacial score (nSPS) is 17.6. The topological polar surface area (TPSA) is 4.93 Å². The molecule has 1 nitrogen and oxygen atoms in total. The molecule has 8 aromatic rings. The van der Waals surface area contributed by atoms with E-state index in [-0.39, 0.29) is 23.0 Å². The Bertz CT molecular complexity index is 2730. The lowest BCUT2D eigenvalue weighted by atomic mass is 9.34. The van der Waals surface area contributed by atoms with Crippen molar-refractivity contribution in [3.8, 4) is 16.8 Å². The molecule has 3 heteroatoms. The SMILES string of the molecule is CC1(C)c2cc(B3c4cccc5c4-n4c6c(ccc7c8ccccc8c8ccc3c4c8c76)B5)c(-c3ccccc3)cc2C(C)(C)C1(C)C. The van der Waals surface area contributed by atoms with E-state index in [1.165, 1.54) is 98.6 Å². The molecular weight excluding hydrogens is 576 g/mol. The van der Waals surface area contributed by atoms with Crippen molar-refractivity contribution < 1.29 is 0 Å². The summed E-state index contributed by atoms with van der Waals surface area (Å²) in [6.07, 6.45) is 0. The quantitative estimate of drug-likeness (QED) is 0.142. The molecule has 3 heterocycles.